The predicted octanol–water partition coefficient (Wildman–Crippen LogP) is -1.41. The molecule has 15 heavy (non-hydrogen) atoms. The monoisotopic (exact) mass is 388 g/mol. The fourth-order valence-corrected chi connectivity index (χ4v) is 0.866. The van der Waals surface area contributed by atoms with Crippen molar-refractivity contribution in [3.05, 3.63) is 0 Å². The molecule has 0 N–H and O–H groups in total. The maximum Gasteiger partial charge on any atom is 2.00 e. The Bertz CT molecular complexity index is 285. The molecule has 0 amide bonds. The summed E-state index contributed by atoms with van der Waals surface area (Å²) < 4.78 is 64.0. The Kier molecular flexibility index (Phi) is 15.1. The van der Waals surface area contributed by atoms with Crippen molar-refractivity contribution in [1.82, 2.24) is 0 Å². The van der Waals surface area contributed by atoms with Crippen LogP contribution < -0.4 is 0 Å². The van der Waals surface area contributed by atoms with Crippen molar-refractivity contribution in [1.29, 1.82) is 0 Å². The van der Waals surface area contributed by atoms with Gasteiger partial charge in [0, 0.05) is 0 Å². The first kappa shape index (κ1) is 21.6. The third-order valence-corrected chi connectivity index (χ3v) is 1.57. The van der Waals surface area contributed by atoms with E-state index in [1.165, 1.54) is 13.8 Å². The molecule has 0 saturated carbocycles. The molecule has 0 heterocycles. The van der Waals surface area contributed by atoms with Crippen LogP contribution in [0.3, 0.4) is 0 Å². The molecule has 0 saturated heterocycles. The smallest absolute Gasteiger partial charge is 0.726 e. The zero-order valence-corrected chi connectivity index (χ0v) is 14.3. The number of rotatable bonds is 4. The first-order chi connectivity index (χ1) is 6.12. The molecule has 11 heteroatoms. The van der Waals surface area contributed by atoms with E-state index in [2.05, 4.69) is 8.37 Å². The summed E-state index contributed by atoms with van der Waals surface area (Å²) in [6, 6.07) is 0. The zero-order chi connectivity index (χ0) is 11.8. The van der Waals surface area contributed by atoms with E-state index in [1.807, 2.05) is 0 Å². The average Bonchev–Trinajstić information content (AvgIpc) is 1.81. The largest absolute Gasteiger partial charge is 2.00 e. The summed E-state index contributed by atoms with van der Waals surface area (Å²) in [5.74, 6) is 0. The quantitative estimate of drug-likeness (QED) is 0.326. The van der Waals surface area contributed by atoms with Crippen LogP contribution in [0, 0.1) is 0 Å². The Morgan fingerprint density at radius 1 is 0.867 bits per heavy atom. The second kappa shape index (κ2) is 10.5. The molecule has 0 aliphatic rings. The summed E-state index contributed by atoms with van der Waals surface area (Å²) in [4.78, 5) is 0. The van der Waals surface area contributed by atoms with Gasteiger partial charge in [-0.15, -0.1) is 0 Å². The van der Waals surface area contributed by atoms with Gasteiger partial charge in [-0.3, -0.25) is 8.37 Å². The zero-order valence-electron chi connectivity index (χ0n) is 8.20. The van der Waals surface area contributed by atoms with Gasteiger partial charge in [0.1, 0.15) is 0 Å². The van der Waals surface area contributed by atoms with Gasteiger partial charge in [-0.2, -0.15) is 0 Å². The summed E-state index contributed by atoms with van der Waals surface area (Å²) in [6.07, 6.45) is 0. The third kappa shape index (κ3) is 31.3. The molecule has 0 atom stereocenters. The van der Waals surface area contributed by atoms with E-state index < -0.39 is 20.8 Å². The van der Waals surface area contributed by atoms with Crippen LogP contribution in [0.25, 0.3) is 0 Å². The minimum atomic E-state index is -4.42. The van der Waals surface area contributed by atoms with E-state index >= 15 is 0 Å². The van der Waals surface area contributed by atoms with Crippen molar-refractivity contribution in [2.75, 3.05) is 13.2 Å². The second-order valence-electron chi connectivity index (χ2n) is 1.63. The first-order valence-electron chi connectivity index (χ1n) is 3.32. The Morgan fingerprint density at radius 2 is 1.07 bits per heavy atom. The van der Waals surface area contributed by atoms with Crippen LogP contribution in [0.2, 0.25) is 0 Å². The van der Waals surface area contributed by atoms with Crippen molar-refractivity contribution in [3.63, 3.8) is 0 Å². The molecule has 0 rings (SSSR count). The molecule has 0 aliphatic carbocycles. The van der Waals surface area contributed by atoms with Crippen LogP contribution in [-0.4, -0.2) is 88.0 Å². The van der Waals surface area contributed by atoms with Gasteiger partial charge in [-0.25, -0.2) is 16.8 Å². The molecule has 0 aromatic heterocycles. The maximum atomic E-state index is 9.45. The molecule has 0 fully saturated rings. The van der Waals surface area contributed by atoms with Crippen molar-refractivity contribution in [2.45, 2.75) is 13.8 Å². The summed E-state index contributed by atoms with van der Waals surface area (Å²) in [5.41, 5.74) is 0. The van der Waals surface area contributed by atoms with Gasteiger partial charge < -0.3 is 9.11 Å². The number of hydrogen-bond acceptors (Lipinski definition) is 8. The minimum absolute atomic E-state index is 0. The van der Waals surface area contributed by atoms with Crippen LogP contribution in [-0.2, 0) is 29.2 Å². The standard InChI is InChI=1S/2C2H6O4S.Ba/c2*1-2-6-7(3,4)5;/h2*2H2,1H3,(H,3,4,5);/q;;+2/p-2. The Hall–Kier alpha value is 1.31. The molecule has 0 radical (unpaired) electrons. The van der Waals surface area contributed by atoms with E-state index in [9.17, 15) is 25.9 Å². The Labute approximate surface area is 129 Å². The van der Waals surface area contributed by atoms with Crippen molar-refractivity contribution >= 4 is 69.7 Å². The SMILES string of the molecule is CCOS(=O)(=O)[O-].CCOS(=O)(=O)[O-].[Ba+2]. The topological polar surface area (TPSA) is 133 Å². The maximum absolute atomic E-state index is 9.45. The van der Waals surface area contributed by atoms with Crippen molar-refractivity contribution < 1.29 is 34.3 Å². The molecule has 0 unspecified atom stereocenters. The third-order valence-electron chi connectivity index (χ3n) is 0.524. The summed E-state index contributed by atoms with van der Waals surface area (Å²) in [7, 11) is -8.85. The fraction of sp³-hybridized carbons (Fsp3) is 1.00. The van der Waals surface area contributed by atoms with E-state index in [0.29, 0.717) is 0 Å². The van der Waals surface area contributed by atoms with Gasteiger partial charge in [0.25, 0.3) is 0 Å². The molecule has 88 valence electrons. The van der Waals surface area contributed by atoms with Gasteiger partial charge >= 0.3 is 48.9 Å². The summed E-state index contributed by atoms with van der Waals surface area (Å²) in [5, 5.41) is 0. The van der Waals surface area contributed by atoms with Gasteiger partial charge in [0.05, 0.1) is 13.2 Å². The van der Waals surface area contributed by atoms with Crippen LogP contribution in [0.5, 0.6) is 0 Å². The van der Waals surface area contributed by atoms with Crippen LogP contribution in [0.15, 0.2) is 0 Å². The van der Waals surface area contributed by atoms with Crippen molar-refractivity contribution in [3.8, 4) is 0 Å². The molecule has 0 aromatic carbocycles. The van der Waals surface area contributed by atoms with E-state index in [0.717, 1.165) is 0 Å². The minimum Gasteiger partial charge on any atom is -0.726 e. The van der Waals surface area contributed by atoms with E-state index in [1.54, 1.807) is 0 Å². The molecular weight excluding hydrogens is 377 g/mol. The molecule has 0 spiro atoms. The summed E-state index contributed by atoms with van der Waals surface area (Å²) in [6.45, 7) is 2.67. The van der Waals surface area contributed by atoms with Gasteiger partial charge in [0.15, 0.2) is 0 Å². The molecule has 0 aromatic rings. The van der Waals surface area contributed by atoms with Gasteiger partial charge in [-0.05, 0) is 13.8 Å². The molecule has 0 bridgehead atoms. The van der Waals surface area contributed by atoms with Gasteiger partial charge in [0.2, 0.25) is 20.8 Å². The normalized spacial score (nSPS) is 10.9. The predicted molar refractivity (Wildman–Crippen MR) is 48.4 cm³/mol. The van der Waals surface area contributed by atoms with Crippen LogP contribution in [0.1, 0.15) is 13.8 Å². The number of hydrogen-bond donors (Lipinski definition) is 0. The second-order valence-corrected chi connectivity index (χ2v) is 3.73. The molecular formula is C4H10BaO8S2. The van der Waals surface area contributed by atoms with E-state index in [-0.39, 0.29) is 62.1 Å². The molecule has 0 aliphatic heterocycles. The first-order valence-corrected chi connectivity index (χ1v) is 5.99. The fourth-order valence-electron chi connectivity index (χ4n) is 0.289. The molecule has 8 nitrogen and oxygen atoms in total. The van der Waals surface area contributed by atoms with E-state index in [4.69, 9.17) is 0 Å². The van der Waals surface area contributed by atoms with Crippen LogP contribution >= 0.6 is 0 Å². The Morgan fingerprint density at radius 3 is 1.07 bits per heavy atom. The van der Waals surface area contributed by atoms with Gasteiger partial charge in [-0.1, -0.05) is 0 Å². The average molecular weight is 388 g/mol. The van der Waals surface area contributed by atoms with Crippen molar-refractivity contribution in [2.24, 2.45) is 0 Å². The Balaban J connectivity index is -0.000000180. The van der Waals surface area contributed by atoms with Crippen LogP contribution in [0.4, 0.5) is 0 Å². The summed E-state index contributed by atoms with van der Waals surface area (Å²) >= 11 is 0.